The van der Waals surface area contributed by atoms with Gasteiger partial charge >= 0.3 is 0 Å². The molecule has 0 N–H and O–H groups in total. The smallest absolute Gasteiger partial charge is 0.0961 e. The van der Waals surface area contributed by atoms with Gasteiger partial charge in [-0.2, -0.15) is 0 Å². The molecule has 128 valence electrons. The van der Waals surface area contributed by atoms with Gasteiger partial charge in [0.15, 0.2) is 0 Å². The Bertz CT molecular complexity index is 689. The molecule has 0 fully saturated rings. The van der Waals surface area contributed by atoms with Crippen molar-refractivity contribution in [1.29, 1.82) is 0 Å². The van der Waals surface area contributed by atoms with E-state index in [1.807, 2.05) is 5.41 Å². The van der Waals surface area contributed by atoms with Crippen LogP contribution >= 0.6 is 11.8 Å². The van der Waals surface area contributed by atoms with Crippen LogP contribution in [-0.2, 0) is 4.74 Å². The minimum atomic E-state index is 0.432. The van der Waals surface area contributed by atoms with Gasteiger partial charge in [-0.15, -0.1) is 0 Å². The predicted octanol–water partition coefficient (Wildman–Crippen LogP) is 5.62. The number of aryl methyl sites for hydroxylation is 1. The number of hydrogen-bond acceptors (Lipinski definition) is 3. The highest BCUT2D eigenvalue weighted by Gasteiger charge is 2.25. The summed E-state index contributed by atoms with van der Waals surface area (Å²) < 4.78 is 5.47. The summed E-state index contributed by atoms with van der Waals surface area (Å²) in [7, 11) is 1.78. The lowest BCUT2D eigenvalue weighted by Crippen LogP contribution is -2.34. The Hall–Kier alpha value is -1.45. The molecular formula is C21H27NOS. The molecule has 2 nitrogen and oxygen atoms in total. The van der Waals surface area contributed by atoms with Crippen LogP contribution in [0.4, 0.5) is 0 Å². The van der Waals surface area contributed by atoms with Crippen molar-refractivity contribution in [3.05, 3.63) is 64.3 Å². The van der Waals surface area contributed by atoms with Gasteiger partial charge in [0.05, 0.1) is 12.9 Å². The Balaban J connectivity index is 1.76. The SMILES string of the molecule is C=CSc1ccc(C(C)N2CCC3=C(C=C(OC)CC3)C2)cc1C. The highest BCUT2D eigenvalue weighted by molar-refractivity contribution is 8.02. The standard InChI is InChI=1S/C21H27NOS/c1-5-24-21-9-7-18(12-15(21)2)16(3)22-11-10-17-6-8-20(23-4)13-19(17)14-22/h5,7,9,12-13,16H,1,6,8,10-11,14H2,2-4H3. The predicted molar refractivity (Wildman–Crippen MR) is 103 cm³/mol. The maximum atomic E-state index is 5.47. The average molecular weight is 342 g/mol. The number of benzene rings is 1. The maximum Gasteiger partial charge on any atom is 0.0961 e. The van der Waals surface area contributed by atoms with E-state index < -0.39 is 0 Å². The van der Waals surface area contributed by atoms with E-state index in [1.54, 1.807) is 24.4 Å². The zero-order valence-corrected chi connectivity index (χ0v) is 15.8. The van der Waals surface area contributed by atoms with Crippen LogP contribution in [0.2, 0.25) is 0 Å². The first-order valence-electron chi connectivity index (χ1n) is 8.70. The molecule has 1 aromatic rings. The number of allylic oxidation sites excluding steroid dienone is 1. The number of nitrogens with zero attached hydrogens (tertiary/aromatic N) is 1. The summed E-state index contributed by atoms with van der Waals surface area (Å²) in [4.78, 5) is 3.88. The fraction of sp³-hybridized carbons (Fsp3) is 0.429. The summed E-state index contributed by atoms with van der Waals surface area (Å²) in [5.41, 5.74) is 5.84. The van der Waals surface area contributed by atoms with Gasteiger partial charge in [-0.3, -0.25) is 4.90 Å². The molecule has 0 aromatic heterocycles. The second kappa shape index (κ2) is 7.62. The number of ether oxygens (including phenoxy) is 1. The van der Waals surface area contributed by atoms with Crippen molar-refractivity contribution in [2.24, 2.45) is 0 Å². The fourth-order valence-corrected chi connectivity index (χ4v) is 4.25. The largest absolute Gasteiger partial charge is 0.501 e. The summed E-state index contributed by atoms with van der Waals surface area (Å²) in [6.07, 6.45) is 5.69. The van der Waals surface area contributed by atoms with Gasteiger partial charge in [0.2, 0.25) is 0 Å². The molecule has 0 radical (unpaired) electrons. The van der Waals surface area contributed by atoms with E-state index in [0.717, 1.165) is 25.3 Å². The van der Waals surface area contributed by atoms with Gasteiger partial charge in [-0.1, -0.05) is 36.0 Å². The second-order valence-corrected chi connectivity index (χ2v) is 7.66. The van der Waals surface area contributed by atoms with E-state index in [4.69, 9.17) is 4.74 Å². The molecule has 1 unspecified atom stereocenters. The molecule has 0 bridgehead atoms. The first kappa shape index (κ1) is 17.4. The van der Waals surface area contributed by atoms with E-state index in [9.17, 15) is 0 Å². The van der Waals surface area contributed by atoms with Gasteiger partial charge in [0.25, 0.3) is 0 Å². The summed E-state index contributed by atoms with van der Waals surface area (Å²) in [5.74, 6) is 1.13. The summed E-state index contributed by atoms with van der Waals surface area (Å²) >= 11 is 1.70. The van der Waals surface area contributed by atoms with Crippen molar-refractivity contribution in [3.8, 4) is 0 Å². The molecule has 0 spiro atoms. The topological polar surface area (TPSA) is 12.5 Å². The lowest BCUT2D eigenvalue weighted by atomic mass is 9.89. The van der Waals surface area contributed by atoms with Gasteiger partial charge < -0.3 is 4.74 Å². The summed E-state index contributed by atoms with van der Waals surface area (Å²) in [6, 6.07) is 7.26. The summed E-state index contributed by atoms with van der Waals surface area (Å²) in [6.45, 7) is 10.5. The van der Waals surface area contributed by atoms with E-state index in [0.29, 0.717) is 6.04 Å². The number of rotatable bonds is 5. The zero-order valence-electron chi connectivity index (χ0n) is 15.0. The normalized spacial score (nSPS) is 19.5. The second-order valence-electron chi connectivity index (χ2n) is 6.65. The molecular weight excluding hydrogens is 314 g/mol. The van der Waals surface area contributed by atoms with E-state index in [1.165, 1.54) is 34.4 Å². The summed E-state index contributed by atoms with van der Waals surface area (Å²) in [5, 5.41) is 1.90. The van der Waals surface area contributed by atoms with Crippen LogP contribution < -0.4 is 0 Å². The van der Waals surface area contributed by atoms with Crippen LogP contribution in [0.1, 0.15) is 43.4 Å². The highest BCUT2D eigenvalue weighted by Crippen LogP contribution is 2.34. The van der Waals surface area contributed by atoms with E-state index >= 15 is 0 Å². The third-order valence-electron chi connectivity index (χ3n) is 5.24. The molecule has 3 heteroatoms. The highest BCUT2D eigenvalue weighted by atomic mass is 32.2. The lowest BCUT2D eigenvalue weighted by Gasteiger charge is -2.36. The van der Waals surface area contributed by atoms with E-state index in [2.05, 4.69) is 49.6 Å². The first-order chi connectivity index (χ1) is 11.6. The first-order valence-corrected chi connectivity index (χ1v) is 9.58. The minimum absolute atomic E-state index is 0.432. The van der Waals surface area contributed by atoms with Gasteiger partial charge in [-0.05, 0) is 60.9 Å². The van der Waals surface area contributed by atoms with E-state index in [-0.39, 0.29) is 0 Å². The van der Waals surface area contributed by atoms with Crippen LogP contribution in [0.25, 0.3) is 0 Å². The molecule has 2 aliphatic rings. The molecule has 1 atom stereocenters. The van der Waals surface area contributed by atoms with Crippen LogP contribution in [0.15, 0.2) is 58.1 Å². The average Bonchev–Trinajstić information content (AvgIpc) is 2.62. The molecule has 24 heavy (non-hydrogen) atoms. The molecule has 1 aromatic carbocycles. The lowest BCUT2D eigenvalue weighted by molar-refractivity contribution is 0.215. The molecule has 0 amide bonds. The Morgan fingerprint density at radius 1 is 1.29 bits per heavy atom. The van der Waals surface area contributed by atoms with Crippen molar-refractivity contribution >= 4 is 11.8 Å². The molecule has 3 rings (SSSR count). The van der Waals surface area contributed by atoms with Crippen molar-refractivity contribution in [1.82, 2.24) is 4.90 Å². The van der Waals surface area contributed by atoms with Crippen LogP contribution in [0.3, 0.4) is 0 Å². The minimum Gasteiger partial charge on any atom is -0.501 e. The van der Waals surface area contributed by atoms with Crippen LogP contribution in [0.5, 0.6) is 0 Å². The molecule has 0 saturated carbocycles. The van der Waals surface area contributed by atoms with Crippen LogP contribution in [0, 0.1) is 6.92 Å². The third kappa shape index (κ3) is 3.62. The molecule has 1 heterocycles. The van der Waals surface area contributed by atoms with Crippen molar-refractivity contribution in [2.45, 2.75) is 44.0 Å². The molecule has 1 aliphatic carbocycles. The Labute approximate surface area is 150 Å². The Morgan fingerprint density at radius 3 is 2.83 bits per heavy atom. The van der Waals surface area contributed by atoms with Crippen molar-refractivity contribution < 1.29 is 4.74 Å². The van der Waals surface area contributed by atoms with Crippen molar-refractivity contribution in [2.75, 3.05) is 20.2 Å². The quantitative estimate of drug-likeness (QED) is 0.645. The van der Waals surface area contributed by atoms with Gasteiger partial charge in [0, 0.05) is 30.4 Å². The van der Waals surface area contributed by atoms with Gasteiger partial charge in [0.1, 0.15) is 0 Å². The zero-order chi connectivity index (χ0) is 17.1. The number of hydrogen-bond donors (Lipinski definition) is 0. The Morgan fingerprint density at radius 2 is 2.12 bits per heavy atom. The van der Waals surface area contributed by atoms with Crippen LogP contribution in [-0.4, -0.2) is 25.1 Å². The number of methoxy groups -OCH3 is 1. The Kier molecular flexibility index (Phi) is 5.52. The fourth-order valence-electron chi connectivity index (χ4n) is 3.68. The molecule has 0 saturated heterocycles. The number of thioether (sulfide) groups is 1. The molecule has 1 aliphatic heterocycles. The van der Waals surface area contributed by atoms with Crippen molar-refractivity contribution in [3.63, 3.8) is 0 Å². The monoisotopic (exact) mass is 341 g/mol. The maximum absolute atomic E-state index is 5.47. The third-order valence-corrected chi connectivity index (χ3v) is 6.12. The van der Waals surface area contributed by atoms with Gasteiger partial charge in [-0.25, -0.2) is 0 Å².